The number of hydrogen-bond acceptors (Lipinski definition) is 4. The second-order valence-electron chi connectivity index (χ2n) is 5.34. The van der Waals surface area contributed by atoms with E-state index in [0.717, 1.165) is 26.2 Å². The third-order valence-corrected chi connectivity index (χ3v) is 4.03. The number of aryl methyl sites for hydroxylation is 1. The minimum atomic E-state index is 0.366. The zero-order valence-electron chi connectivity index (χ0n) is 12.3. The van der Waals surface area contributed by atoms with Crippen molar-refractivity contribution >= 4 is 0 Å². The van der Waals surface area contributed by atoms with Gasteiger partial charge >= 0.3 is 0 Å². The van der Waals surface area contributed by atoms with Gasteiger partial charge in [0.25, 0.3) is 0 Å². The molecule has 0 radical (unpaired) electrons. The summed E-state index contributed by atoms with van der Waals surface area (Å²) in [5, 5.41) is 7.85. The molecule has 5 heteroatoms. The number of ether oxygens (including phenoxy) is 1. The van der Waals surface area contributed by atoms with E-state index < -0.39 is 0 Å². The summed E-state index contributed by atoms with van der Waals surface area (Å²) in [6, 6.07) is 3.09. The van der Waals surface area contributed by atoms with Gasteiger partial charge in [-0.3, -0.25) is 9.58 Å². The Balaban J connectivity index is 2.00. The van der Waals surface area contributed by atoms with E-state index in [1.807, 2.05) is 17.9 Å². The number of nitrogens with zero attached hydrogens (tertiary/aromatic N) is 3. The highest BCUT2D eigenvalue weighted by molar-refractivity contribution is 5.06. The second kappa shape index (κ2) is 7.03. The molecule has 0 saturated carbocycles. The molecule has 1 aromatic rings. The minimum absolute atomic E-state index is 0.366. The van der Waals surface area contributed by atoms with Crippen LogP contribution in [0.2, 0.25) is 0 Å². The van der Waals surface area contributed by atoms with Gasteiger partial charge in [-0.15, -0.1) is 0 Å². The molecule has 2 atom stereocenters. The summed E-state index contributed by atoms with van der Waals surface area (Å²) in [5.74, 6) is 0. The summed E-state index contributed by atoms with van der Waals surface area (Å²) < 4.78 is 7.21. The van der Waals surface area contributed by atoms with Crippen molar-refractivity contribution in [3.05, 3.63) is 18.0 Å². The Morgan fingerprint density at radius 2 is 2.47 bits per heavy atom. The maximum atomic E-state index is 5.25. The molecule has 0 spiro atoms. The Morgan fingerprint density at radius 3 is 3.05 bits per heavy atom. The molecular weight excluding hydrogens is 240 g/mol. The van der Waals surface area contributed by atoms with Crippen molar-refractivity contribution in [1.29, 1.82) is 0 Å². The lowest BCUT2D eigenvalue weighted by atomic mass is 10.1. The first kappa shape index (κ1) is 14.5. The van der Waals surface area contributed by atoms with Crippen molar-refractivity contribution in [2.75, 3.05) is 33.4 Å². The van der Waals surface area contributed by atoms with E-state index >= 15 is 0 Å². The first-order valence-corrected chi connectivity index (χ1v) is 7.16. The molecule has 108 valence electrons. The van der Waals surface area contributed by atoms with Crippen LogP contribution in [0.15, 0.2) is 12.3 Å². The molecule has 1 aliphatic heterocycles. The van der Waals surface area contributed by atoms with E-state index in [2.05, 4.69) is 28.3 Å². The maximum Gasteiger partial charge on any atom is 0.0589 e. The summed E-state index contributed by atoms with van der Waals surface area (Å²) in [6.07, 6.45) is 4.44. The van der Waals surface area contributed by atoms with Gasteiger partial charge in [-0.05, 0) is 32.4 Å². The highest BCUT2D eigenvalue weighted by atomic mass is 16.5. The molecule has 2 heterocycles. The quantitative estimate of drug-likeness (QED) is 0.805. The molecule has 19 heavy (non-hydrogen) atoms. The van der Waals surface area contributed by atoms with Gasteiger partial charge < -0.3 is 10.1 Å². The van der Waals surface area contributed by atoms with E-state index in [1.54, 1.807) is 7.11 Å². The van der Waals surface area contributed by atoms with E-state index in [0.29, 0.717) is 12.1 Å². The van der Waals surface area contributed by atoms with Crippen LogP contribution in [0.1, 0.15) is 31.5 Å². The third-order valence-electron chi connectivity index (χ3n) is 4.03. The number of rotatable bonds is 7. The first-order chi connectivity index (χ1) is 9.22. The van der Waals surface area contributed by atoms with Crippen LogP contribution >= 0.6 is 0 Å². The fourth-order valence-corrected chi connectivity index (χ4v) is 2.83. The molecule has 1 fully saturated rings. The smallest absolute Gasteiger partial charge is 0.0589 e. The number of methoxy groups -OCH3 is 1. The van der Waals surface area contributed by atoms with Gasteiger partial charge in [0, 0.05) is 45.5 Å². The minimum Gasteiger partial charge on any atom is -0.383 e. The van der Waals surface area contributed by atoms with E-state index in [9.17, 15) is 0 Å². The molecule has 0 aliphatic carbocycles. The standard InChI is InChI=1S/C14H26N4O/c1-12(14-6-8-16-17(14)2)18(9-10-19-3)11-13-5-4-7-15-13/h6,8,12-13,15H,4-5,7,9-11H2,1-3H3. The highest BCUT2D eigenvalue weighted by Gasteiger charge is 2.23. The van der Waals surface area contributed by atoms with Crippen molar-refractivity contribution in [1.82, 2.24) is 20.0 Å². The zero-order chi connectivity index (χ0) is 13.7. The van der Waals surface area contributed by atoms with Crippen LogP contribution in [0.25, 0.3) is 0 Å². The van der Waals surface area contributed by atoms with Crippen molar-refractivity contribution in [3.63, 3.8) is 0 Å². The molecule has 1 aromatic heterocycles. The summed E-state index contributed by atoms with van der Waals surface area (Å²) >= 11 is 0. The van der Waals surface area contributed by atoms with Gasteiger partial charge in [-0.1, -0.05) is 0 Å². The zero-order valence-corrected chi connectivity index (χ0v) is 12.3. The van der Waals surface area contributed by atoms with Crippen LogP contribution in [0, 0.1) is 0 Å². The van der Waals surface area contributed by atoms with Crippen LogP contribution in [0.3, 0.4) is 0 Å². The molecular formula is C14H26N4O. The number of hydrogen-bond donors (Lipinski definition) is 1. The average molecular weight is 266 g/mol. The van der Waals surface area contributed by atoms with Crippen molar-refractivity contribution in [2.45, 2.75) is 31.8 Å². The Hall–Kier alpha value is -0.910. The molecule has 0 bridgehead atoms. The maximum absolute atomic E-state index is 5.25. The number of aromatic nitrogens is 2. The molecule has 5 nitrogen and oxygen atoms in total. The number of nitrogens with one attached hydrogen (secondary N) is 1. The molecule has 2 unspecified atom stereocenters. The van der Waals surface area contributed by atoms with Crippen molar-refractivity contribution in [2.24, 2.45) is 7.05 Å². The largest absolute Gasteiger partial charge is 0.383 e. The lowest BCUT2D eigenvalue weighted by molar-refractivity contribution is 0.115. The fraction of sp³-hybridized carbons (Fsp3) is 0.786. The molecule has 1 aliphatic rings. The molecule has 1 saturated heterocycles. The average Bonchev–Trinajstić information content (AvgIpc) is 3.05. The second-order valence-corrected chi connectivity index (χ2v) is 5.34. The Bertz CT molecular complexity index is 373. The predicted octanol–water partition coefficient (Wildman–Crippen LogP) is 1.18. The lowest BCUT2D eigenvalue weighted by Gasteiger charge is -2.31. The normalized spacial score (nSPS) is 21.2. The topological polar surface area (TPSA) is 42.3 Å². The molecule has 0 aromatic carbocycles. The summed E-state index contributed by atoms with van der Waals surface area (Å²) in [7, 11) is 3.77. The Morgan fingerprint density at radius 1 is 1.63 bits per heavy atom. The van der Waals surface area contributed by atoms with Crippen molar-refractivity contribution < 1.29 is 4.74 Å². The van der Waals surface area contributed by atoms with Gasteiger partial charge in [0.1, 0.15) is 0 Å². The van der Waals surface area contributed by atoms with Gasteiger partial charge in [0.05, 0.1) is 12.3 Å². The monoisotopic (exact) mass is 266 g/mol. The predicted molar refractivity (Wildman–Crippen MR) is 76.1 cm³/mol. The fourth-order valence-electron chi connectivity index (χ4n) is 2.83. The van der Waals surface area contributed by atoms with Crippen LogP contribution in [-0.2, 0) is 11.8 Å². The summed E-state index contributed by atoms with van der Waals surface area (Å²) in [4.78, 5) is 2.49. The van der Waals surface area contributed by atoms with E-state index in [-0.39, 0.29) is 0 Å². The van der Waals surface area contributed by atoms with E-state index in [1.165, 1.54) is 18.5 Å². The highest BCUT2D eigenvalue weighted by Crippen LogP contribution is 2.20. The first-order valence-electron chi connectivity index (χ1n) is 7.16. The van der Waals surface area contributed by atoms with Crippen LogP contribution < -0.4 is 5.32 Å². The van der Waals surface area contributed by atoms with E-state index in [4.69, 9.17) is 4.74 Å². The van der Waals surface area contributed by atoms with Gasteiger partial charge in [-0.2, -0.15) is 5.10 Å². The molecule has 0 amide bonds. The lowest BCUT2D eigenvalue weighted by Crippen LogP contribution is -2.41. The Labute approximate surface area is 115 Å². The van der Waals surface area contributed by atoms with Gasteiger partial charge in [0.15, 0.2) is 0 Å². The summed E-state index contributed by atoms with van der Waals surface area (Å²) in [5.41, 5.74) is 1.26. The van der Waals surface area contributed by atoms with Crippen molar-refractivity contribution in [3.8, 4) is 0 Å². The summed E-state index contributed by atoms with van der Waals surface area (Å²) in [6.45, 7) is 6.22. The van der Waals surface area contributed by atoms with Crippen LogP contribution in [-0.4, -0.2) is 54.1 Å². The third kappa shape index (κ3) is 3.78. The molecule has 2 rings (SSSR count). The van der Waals surface area contributed by atoms with Crippen LogP contribution in [0.5, 0.6) is 0 Å². The SMILES string of the molecule is COCCN(CC1CCCN1)C(C)c1ccnn1C. The van der Waals surface area contributed by atoms with Gasteiger partial charge in [-0.25, -0.2) is 0 Å². The van der Waals surface area contributed by atoms with Crippen LogP contribution in [0.4, 0.5) is 0 Å². The molecule has 1 N–H and O–H groups in total. The Kier molecular flexibility index (Phi) is 5.36. The van der Waals surface area contributed by atoms with Gasteiger partial charge in [0.2, 0.25) is 0 Å².